The van der Waals surface area contributed by atoms with Gasteiger partial charge in [-0.05, 0) is 11.8 Å². The Morgan fingerprint density at radius 2 is 0.967 bits per heavy atom. The van der Waals surface area contributed by atoms with Crippen LogP contribution in [0.25, 0.3) is 0 Å². The van der Waals surface area contributed by atoms with Crippen molar-refractivity contribution in [2.45, 2.75) is 104 Å². The van der Waals surface area contributed by atoms with Crippen molar-refractivity contribution in [2.24, 2.45) is 0 Å². The maximum Gasteiger partial charge on any atom is 0.319 e. The van der Waals surface area contributed by atoms with Gasteiger partial charge in [0.15, 0.2) is 0 Å². The zero-order chi connectivity index (χ0) is 22.6. The third-order valence-corrected chi connectivity index (χ3v) is 3.81. The first kappa shape index (κ1) is 37.7. The summed E-state index contributed by atoms with van der Waals surface area (Å²) in [7, 11) is 0. The molecule has 0 aliphatic carbocycles. The molecule has 0 amide bonds. The van der Waals surface area contributed by atoms with Crippen LogP contribution < -0.4 is 0 Å². The molecular formula is C24H46O3PSZn-3. The van der Waals surface area contributed by atoms with E-state index in [1.54, 1.807) is 0 Å². The summed E-state index contributed by atoms with van der Waals surface area (Å²) in [5, 5.41) is 0. The molecule has 6 heteroatoms. The molecule has 0 aliphatic rings. The first-order valence-corrected chi connectivity index (χ1v) is 13.8. The summed E-state index contributed by atoms with van der Waals surface area (Å²) in [6.07, 6.45) is 18.9. The van der Waals surface area contributed by atoms with E-state index in [0.29, 0.717) is 0 Å². The van der Waals surface area contributed by atoms with E-state index >= 15 is 0 Å². The second-order valence-electron chi connectivity index (χ2n) is 6.83. The Morgan fingerprint density at radius 3 is 1.17 bits per heavy atom. The number of hydrogen-bond acceptors (Lipinski definition) is 1. The van der Waals surface area contributed by atoms with Gasteiger partial charge in [-0.2, -0.15) is 49.2 Å². The molecule has 1 aromatic rings. The van der Waals surface area contributed by atoms with Crippen molar-refractivity contribution >= 4 is 18.5 Å². The average molecular weight is 511 g/mol. The van der Waals surface area contributed by atoms with Gasteiger partial charge in [-0.1, -0.05) is 90.9 Å². The van der Waals surface area contributed by atoms with E-state index in [4.69, 9.17) is 14.7 Å². The Hall–Kier alpha value is 0.373. The summed E-state index contributed by atoms with van der Waals surface area (Å²) in [5.74, 6) is 0. The van der Waals surface area contributed by atoms with E-state index < -0.39 is 6.72 Å². The molecule has 0 heterocycles. The molecule has 0 saturated heterocycles. The van der Waals surface area contributed by atoms with Crippen molar-refractivity contribution in [3.8, 4) is 0 Å². The standard InChI is InChI=1S/2C9H19.C6H5.H3O3PS.Zn/c2*1-3-5-7-9-8-6-4-2;1-2-4-6-5-3-1;1-4(2,3)5;/h2*1,3-9H2,2H3;1-5H;(H3,1,2,3,5);/q3*-1;;. The fraction of sp³-hybridized carbons (Fsp3) is 0.667. The third-order valence-electron chi connectivity index (χ3n) is 3.81. The first-order chi connectivity index (χ1) is 13.8. The van der Waals surface area contributed by atoms with Crippen LogP contribution in [0.2, 0.25) is 0 Å². The SMILES string of the molecule is OP(O)(O)=S.[CH2-]CCCCCCCC.[CH2-]CCCCCCCC.[Zn].[c-]1ccccc1. The van der Waals surface area contributed by atoms with Gasteiger partial charge in [0.1, 0.15) is 0 Å². The van der Waals surface area contributed by atoms with Crippen LogP contribution in [0.4, 0.5) is 0 Å². The Balaban J connectivity index is -0.000000152. The van der Waals surface area contributed by atoms with Gasteiger partial charge in [-0.15, -0.1) is 0 Å². The third kappa shape index (κ3) is 63.0. The first-order valence-electron chi connectivity index (χ1n) is 11.1. The molecular weight excluding hydrogens is 465 g/mol. The molecule has 0 saturated carbocycles. The Kier molecular flexibility index (Phi) is 42.7. The summed E-state index contributed by atoms with van der Waals surface area (Å²) in [5.41, 5.74) is 0. The Morgan fingerprint density at radius 1 is 0.667 bits per heavy atom. The monoisotopic (exact) mass is 509 g/mol. The minimum absolute atomic E-state index is 0. The predicted molar refractivity (Wildman–Crippen MR) is 133 cm³/mol. The smallest absolute Gasteiger partial charge is 0.319 e. The van der Waals surface area contributed by atoms with Crippen molar-refractivity contribution in [1.82, 2.24) is 0 Å². The van der Waals surface area contributed by atoms with Crippen LogP contribution in [-0.4, -0.2) is 14.7 Å². The van der Waals surface area contributed by atoms with Gasteiger partial charge in [-0.3, -0.25) is 0 Å². The number of benzene rings is 1. The van der Waals surface area contributed by atoms with Crippen LogP contribution in [0.1, 0.15) is 104 Å². The van der Waals surface area contributed by atoms with Crippen molar-refractivity contribution < 1.29 is 34.2 Å². The number of hydrogen-bond donors (Lipinski definition) is 3. The maximum absolute atomic E-state index is 7.56. The van der Waals surface area contributed by atoms with E-state index in [9.17, 15) is 0 Å². The van der Waals surface area contributed by atoms with Gasteiger partial charge in [0.25, 0.3) is 0 Å². The predicted octanol–water partition coefficient (Wildman–Crippen LogP) is 7.81. The van der Waals surface area contributed by atoms with E-state index in [1.807, 2.05) is 30.3 Å². The van der Waals surface area contributed by atoms with E-state index in [0.717, 1.165) is 12.8 Å². The minimum Gasteiger partial charge on any atom is -0.343 e. The largest absolute Gasteiger partial charge is 0.343 e. The van der Waals surface area contributed by atoms with E-state index in [-0.39, 0.29) is 19.5 Å². The molecule has 0 bridgehead atoms. The van der Waals surface area contributed by atoms with Crippen LogP contribution in [0, 0.1) is 19.9 Å². The summed E-state index contributed by atoms with van der Waals surface area (Å²) in [6, 6.07) is 12.5. The molecule has 30 heavy (non-hydrogen) atoms. The average Bonchev–Trinajstić information content (AvgIpc) is 2.69. The quantitative estimate of drug-likeness (QED) is 0.116. The van der Waals surface area contributed by atoms with Crippen molar-refractivity contribution in [1.29, 1.82) is 0 Å². The summed E-state index contributed by atoms with van der Waals surface area (Å²) in [4.78, 5) is 22.7. The van der Waals surface area contributed by atoms with Crippen LogP contribution in [-0.2, 0) is 31.3 Å². The van der Waals surface area contributed by atoms with Crippen LogP contribution in [0.15, 0.2) is 30.3 Å². The molecule has 3 N–H and O–H groups in total. The molecule has 0 spiro atoms. The number of rotatable bonds is 12. The van der Waals surface area contributed by atoms with Crippen LogP contribution in [0.5, 0.6) is 0 Å². The van der Waals surface area contributed by atoms with Gasteiger partial charge in [0, 0.05) is 19.5 Å². The maximum atomic E-state index is 7.56. The molecule has 1 rings (SSSR count). The van der Waals surface area contributed by atoms with Crippen molar-refractivity contribution in [3.05, 3.63) is 50.2 Å². The van der Waals surface area contributed by atoms with Crippen LogP contribution in [0.3, 0.4) is 0 Å². The Labute approximate surface area is 206 Å². The zero-order valence-electron chi connectivity index (χ0n) is 19.6. The number of unbranched alkanes of at least 4 members (excludes halogenated alkanes) is 12. The van der Waals surface area contributed by atoms with Gasteiger partial charge in [0.2, 0.25) is 0 Å². The van der Waals surface area contributed by atoms with Gasteiger partial charge < -0.3 is 28.5 Å². The topological polar surface area (TPSA) is 60.7 Å². The molecule has 0 fully saturated rings. The summed E-state index contributed by atoms with van der Waals surface area (Å²) in [6.45, 7) is 8.30. The fourth-order valence-electron chi connectivity index (χ4n) is 2.26. The molecule has 0 aromatic heterocycles. The second-order valence-corrected chi connectivity index (χ2v) is 9.33. The fourth-order valence-corrected chi connectivity index (χ4v) is 2.26. The molecule has 0 atom stereocenters. The normalized spacial score (nSPS) is 9.57. The van der Waals surface area contributed by atoms with E-state index in [1.165, 1.54) is 77.0 Å². The molecule has 0 radical (unpaired) electrons. The summed E-state index contributed by atoms with van der Waals surface area (Å²) >= 11 is 3.60. The van der Waals surface area contributed by atoms with Crippen LogP contribution >= 0.6 is 6.72 Å². The molecule has 176 valence electrons. The summed E-state index contributed by atoms with van der Waals surface area (Å²) < 4.78 is 0. The Bertz CT molecular complexity index is 355. The second kappa shape index (κ2) is 34.0. The molecule has 3 nitrogen and oxygen atoms in total. The van der Waals surface area contributed by atoms with Gasteiger partial charge >= 0.3 is 6.72 Å². The minimum atomic E-state index is -3.81. The van der Waals surface area contributed by atoms with Gasteiger partial charge in [0.05, 0.1) is 0 Å². The van der Waals surface area contributed by atoms with Crippen molar-refractivity contribution in [2.75, 3.05) is 0 Å². The molecule has 0 unspecified atom stereocenters. The molecule has 1 aromatic carbocycles. The zero-order valence-corrected chi connectivity index (χ0v) is 24.3. The molecule has 0 aliphatic heterocycles. The van der Waals surface area contributed by atoms with Crippen molar-refractivity contribution in [3.63, 3.8) is 0 Å². The van der Waals surface area contributed by atoms with Gasteiger partial charge in [-0.25, -0.2) is 0 Å². The van der Waals surface area contributed by atoms with E-state index in [2.05, 4.69) is 45.6 Å².